The Labute approximate surface area is 148 Å². The molecule has 24 heavy (non-hydrogen) atoms. The van der Waals surface area contributed by atoms with Crippen LogP contribution in [0.4, 0.5) is 0 Å². The van der Waals surface area contributed by atoms with Crippen LogP contribution in [0.2, 0.25) is 0 Å². The van der Waals surface area contributed by atoms with E-state index in [0.717, 1.165) is 19.4 Å². The topological polar surface area (TPSA) is 38.8 Å². The number of allylic oxidation sites excluding steroid dienone is 4. The first kappa shape index (κ1) is 21.0. The smallest absolute Gasteiger partial charge is 0.305 e. The van der Waals surface area contributed by atoms with Gasteiger partial charge in [-0.25, -0.2) is 0 Å². The molecule has 0 spiro atoms. The molecular weight excluding hydrogens is 300 g/mol. The third-order valence-electron chi connectivity index (χ3n) is 4.35. The molecule has 0 saturated carbocycles. The standard InChI is InChI=1S/C21H36O3/c1-23-21(22)18-16-14-12-10-8-6-4-2-3-5-7-9-11-13-15-17-20-19-24-20/h9-12,20H,2-8,13-19H2,1H3/b11-9-,12-10-/t20-/m1/s1. The predicted molar refractivity (Wildman–Crippen MR) is 100 cm³/mol. The zero-order valence-electron chi connectivity index (χ0n) is 15.5. The van der Waals surface area contributed by atoms with Crippen molar-refractivity contribution in [2.24, 2.45) is 0 Å². The highest BCUT2D eigenvalue weighted by Crippen LogP contribution is 2.16. The molecule has 3 heteroatoms. The van der Waals surface area contributed by atoms with Gasteiger partial charge in [-0.3, -0.25) is 4.79 Å². The van der Waals surface area contributed by atoms with Crippen molar-refractivity contribution in [3.05, 3.63) is 24.3 Å². The van der Waals surface area contributed by atoms with Gasteiger partial charge in [-0.15, -0.1) is 0 Å². The van der Waals surface area contributed by atoms with E-state index >= 15 is 0 Å². The molecule has 1 saturated heterocycles. The van der Waals surface area contributed by atoms with Crippen LogP contribution in [0.5, 0.6) is 0 Å². The molecule has 0 aliphatic carbocycles. The van der Waals surface area contributed by atoms with Gasteiger partial charge in [0.2, 0.25) is 0 Å². The zero-order valence-corrected chi connectivity index (χ0v) is 15.5. The van der Waals surface area contributed by atoms with E-state index in [1.165, 1.54) is 71.3 Å². The summed E-state index contributed by atoms with van der Waals surface area (Å²) in [5.41, 5.74) is 0. The molecule has 0 unspecified atom stereocenters. The predicted octanol–water partition coefficient (Wildman–Crippen LogP) is 5.74. The summed E-state index contributed by atoms with van der Waals surface area (Å²) in [6.45, 7) is 0.995. The first-order valence-corrected chi connectivity index (χ1v) is 9.81. The van der Waals surface area contributed by atoms with Crippen LogP contribution in [0, 0.1) is 0 Å². The number of hydrogen-bond donors (Lipinski definition) is 0. The van der Waals surface area contributed by atoms with Gasteiger partial charge in [-0.1, -0.05) is 43.6 Å². The van der Waals surface area contributed by atoms with Gasteiger partial charge in [0.1, 0.15) is 0 Å². The normalized spacial score (nSPS) is 17.0. The Morgan fingerprint density at radius 1 is 0.875 bits per heavy atom. The molecular formula is C21H36O3. The van der Waals surface area contributed by atoms with Crippen LogP contribution < -0.4 is 0 Å². The Morgan fingerprint density at radius 2 is 1.38 bits per heavy atom. The fourth-order valence-corrected chi connectivity index (χ4v) is 2.69. The molecule has 0 N–H and O–H groups in total. The summed E-state index contributed by atoms with van der Waals surface area (Å²) < 4.78 is 9.81. The van der Waals surface area contributed by atoms with Crippen molar-refractivity contribution in [2.75, 3.05) is 13.7 Å². The van der Waals surface area contributed by atoms with E-state index in [1.807, 2.05) is 0 Å². The number of methoxy groups -OCH3 is 1. The summed E-state index contributed by atoms with van der Waals surface area (Å²) in [6, 6.07) is 0. The van der Waals surface area contributed by atoms with Gasteiger partial charge in [0, 0.05) is 6.42 Å². The maximum absolute atomic E-state index is 10.9. The zero-order chi connectivity index (χ0) is 17.3. The molecule has 138 valence electrons. The van der Waals surface area contributed by atoms with Gasteiger partial charge in [0.25, 0.3) is 0 Å². The van der Waals surface area contributed by atoms with E-state index in [2.05, 4.69) is 29.0 Å². The lowest BCUT2D eigenvalue weighted by molar-refractivity contribution is -0.140. The van der Waals surface area contributed by atoms with Crippen molar-refractivity contribution in [1.29, 1.82) is 0 Å². The second-order valence-corrected chi connectivity index (χ2v) is 6.64. The first-order valence-electron chi connectivity index (χ1n) is 9.81. The van der Waals surface area contributed by atoms with Gasteiger partial charge in [0.05, 0.1) is 19.8 Å². The SMILES string of the molecule is COC(=O)CCC/C=C\CCCCCCC/C=C\CCC[C@@H]1CO1. The van der Waals surface area contributed by atoms with Crippen molar-refractivity contribution in [1.82, 2.24) is 0 Å². The molecule has 3 nitrogen and oxygen atoms in total. The van der Waals surface area contributed by atoms with Gasteiger partial charge in [-0.2, -0.15) is 0 Å². The summed E-state index contributed by atoms with van der Waals surface area (Å²) in [4.78, 5) is 10.9. The summed E-state index contributed by atoms with van der Waals surface area (Å²) in [5.74, 6) is -0.105. The van der Waals surface area contributed by atoms with Crippen LogP contribution in [-0.4, -0.2) is 25.8 Å². The van der Waals surface area contributed by atoms with E-state index in [-0.39, 0.29) is 5.97 Å². The molecule has 0 bridgehead atoms. The van der Waals surface area contributed by atoms with E-state index in [1.54, 1.807) is 0 Å². The number of esters is 1. The summed E-state index contributed by atoms with van der Waals surface area (Å²) in [5, 5.41) is 0. The second kappa shape index (κ2) is 15.4. The number of ether oxygens (including phenoxy) is 2. The lowest BCUT2D eigenvalue weighted by atomic mass is 10.1. The van der Waals surface area contributed by atoms with Gasteiger partial charge >= 0.3 is 5.97 Å². The van der Waals surface area contributed by atoms with E-state index < -0.39 is 0 Å². The van der Waals surface area contributed by atoms with Crippen molar-refractivity contribution in [3.8, 4) is 0 Å². The van der Waals surface area contributed by atoms with Crippen molar-refractivity contribution < 1.29 is 14.3 Å². The van der Waals surface area contributed by atoms with E-state index in [0.29, 0.717) is 12.5 Å². The summed E-state index contributed by atoms with van der Waals surface area (Å²) in [6.07, 6.45) is 24.9. The Kier molecular flexibility index (Phi) is 13.5. The van der Waals surface area contributed by atoms with E-state index in [9.17, 15) is 4.79 Å². The number of carbonyl (C=O) groups is 1. The monoisotopic (exact) mass is 336 g/mol. The highest BCUT2D eigenvalue weighted by Gasteiger charge is 2.20. The van der Waals surface area contributed by atoms with Crippen LogP contribution in [0.3, 0.4) is 0 Å². The van der Waals surface area contributed by atoms with Crippen LogP contribution >= 0.6 is 0 Å². The lowest BCUT2D eigenvalue weighted by Crippen LogP contribution is -1.98. The average molecular weight is 337 g/mol. The van der Waals surface area contributed by atoms with Crippen LogP contribution in [-0.2, 0) is 14.3 Å². The summed E-state index contributed by atoms with van der Waals surface area (Å²) in [7, 11) is 1.44. The minimum absolute atomic E-state index is 0.105. The van der Waals surface area contributed by atoms with Crippen LogP contribution in [0.25, 0.3) is 0 Å². The number of rotatable bonds is 16. The third-order valence-corrected chi connectivity index (χ3v) is 4.35. The number of carbonyl (C=O) groups excluding carboxylic acids is 1. The fraction of sp³-hybridized carbons (Fsp3) is 0.762. The van der Waals surface area contributed by atoms with Crippen LogP contribution in [0.15, 0.2) is 24.3 Å². The minimum Gasteiger partial charge on any atom is -0.469 e. The molecule has 0 aromatic rings. The van der Waals surface area contributed by atoms with Crippen molar-refractivity contribution in [2.45, 2.75) is 89.6 Å². The molecule has 1 atom stereocenters. The van der Waals surface area contributed by atoms with Crippen molar-refractivity contribution >= 4 is 5.97 Å². The minimum atomic E-state index is -0.105. The van der Waals surface area contributed by atoms with Gasteiger partial charge in [-0.05, 0) is 57.8 Å². The average Bonchev–Trinajstić information content (AvgIpc) is 3.41. The van der Waals surface area contributed by atoms with E-state index in [4.69, 9.17) is 4.74 Å². The first-order chi connectivity index (χ1) is 11.8. The molecule has 1 aliphatic heterocycles. The molecule has 1 aliphatic rings. The third kappa shape index (κ3) is 14.5. The van der Waals surface area contributed by atoms with Gasteiger partial charge < -0.3 is 9.47 Å². The maximum atomic E-state index is 10.9. The van der Waals surface area contributed by atoms with Crippen LogP contribution in [0.1, 0.15) is 83.5 Å². The Morgan fingerprint density at radius 3 is 1.92 bits per heavy atom. The summed E-state index contributed by atoms with van der Waals surface area (Å²) >= 11 is 0. The molecule has 0 amide bonds. The maximum Gasteiger partial charge on any atom is 0.305 e. The highest BCUT2D eigenvalue weighted by atomic mass is 16.6. The highest BCUT2D eigenvalue weighted by molar-refractivity contribution is 5.68. The largest absolute Gasteiger partial charge is 0.469 e. The number of unbranched alkanes of at least 4 members (excludes halogenated alkanes) is 8. The molecule has 0 aromatic heterocycles. The Hall–Kier alpha value is -1.09. The molecule has 0 aromatic carbocycles. The van der Waals surface area contributed by atoms with Crippen molar-refractivity contribution in [3.63, 3.8) is 0 Å². The fourth-order valence-electron chi connectivity index (χ4n) is 2.69. The molecule has 1 fully saturated rings. The molecule has 0 radical (unpaired) electrons. The number of epoxide rings is 1. The number of hydrogen-bond acceptors (Lipinski definition) is 3. The van der Waals surface area contributed by atoms with Gasteiger partial charge in [0.15, 0.2) is 0 Å². The Balaban J connectivity index is 1.72. The quantitative estimate of drug-likeness (QED) is 0.156. The molecule has 1 heterocycles. The molecule has 1 rings (SSSR count). The second-order valence-electron chi connectivity index (χ2n) is 6.64. The lowest BCUT2D eigenvalue weighted by Gasteiger charge is -1.99. The Bertz CT molecular complexity index is 356.